The van der Waals surface area contributed by atoms with Crippen molar-refractivity contribution in [3.63, 3.8) is 0 Å². The van der Waals surface area contributed by atoms with Gasteiger partial charge in [-0.3, -0.25) is 0 Å². The van der Waals surface area contributed by atoms with Crippen LogP contribution in [0.25, 0.3) is 0 Å². The van der Waals surface area contributed by atoms with E-state index in [9.17, 15) is 0 Å². The maximum atomic E-state index is 6.08. The molecule has 1 aliphatic rings. The molecule has 1 unspecified atom stereocenters. The molecule has 0 aliphatic carbocycles. The maximum absolute atomic E-state index is 6.08. The number of methoxy groups -OCH3 is 1. The van der Waals surface area contributed by atoms with Crippen LogP contribution >= 0.6 is 11.3 Å². The van der Waals surface area contributed by atoms with Gasteiger partial charge in [0, 0.05) is 22.8 Å². The standard InChI is InChI=1S/C21H30N2O2S/c1-5-16-7-8-20(26-16)21-17-14-19(25-12-6-11-23(2)3)18(24-4)13-15(17)9-10-22-21/h7-8,13-14,21-22H,5-6,9-12H2,1-4H3. The Morgan fingerprint density at radius 1 is 1.23 bits per heavy atom. The smallest absolute Gasteiger partial charge is 0.161 e. The molecule has 2 aromatic rings. The second-order valence-electron chi connectivity index (χ2n) is 7.00. The van der Waals surface area contributed by atoms with Crippen molar-refractivity contribution in [2.45, 2.75) is 32.2 Å². The first-order valence-electron chi connectivity index (χ1n) is 9.42. The minimum absolute atomic E-state index is 0.249. The van der Waals surface area contributed by atoms with Crippen molar-refractivity contribution < 1.29 is 9.47 Å². The largest absolute Gasteiger partial charge is 0.493 e. The SMILES string of the molecule is CCc1ccc(C2NCCc3cc(OC)c(OCCCN(C)C)cc32)s1. The van der Waals surface area contributed by atoms with E-state index in [1.165, 1.54) is 20.9 Å². The van der Waals surface area contributed by atoms with Crippen molar-refractivity contribution in [1.82, 2.24) is 10.2 Å². The first-order chi connectivity index (χ1) is 12.6. The highest BCUT2D eigenvalue weighted by Gasteiger charge is 2.25. The third-order valence-electron chi connectivity index (χ3n) is 4.80. The summed E-state index contributed by atoms with van der Waals surface area (Å²) in [6, 6.07) is 9.11. The van der Waals surface area contributed by atoms with E-state index in [0.29, 0.717) is 6.61 Å². The maximum Gasteiger partial charge on any atom is 0.161 e. The van der Waals surface area contributed by atoms with Gasteiger partial charge in [0.25, 0.3) is 0 Å². The summed E-state index contributed by atoms with van der Waals surface area (Å²) in [6.07, 6.45) is 3.11. The number of hydrogen-bond donors (Lipinski definition) is 1. The molecular weight excluding hydrogens is 344 g/mol. The number of nitrogens with one attached hydrogen (secondary N) is 1. The Kier molecular flexibility index (Phi) is 6.57. The van der Waals surface area contributed by atoms with E-state index in [1.807, 2.05) is 11.3 Å². The minimum atomic E-state index is 0.249. The fraction of sp³-hybridized carbons (Fsp3) is 0.524. The van der Waals surface area contributed by atoms with E-state index in [4.69, 9.17) is 9.47 Å². The highest BCUT2D eigenvalue weighted by atomic mass is 32.1. The van der Waals surface area contributed by atoms with Gasteiger partial charge in [-0.2, -0.15) is 0 Å². The van der Waals surface area contributed by atoms with Crippen LogP contribution in [0.3, 0.4) is 0 Å². The number of benzene rings is 1. The van der Waals surface area contributed by atoms with Crippen LogP contribution in [0.5, 0.6) is 11.5 Å². The van der Waals surface area contributed by atoms with Crippen molar-refractivity contribution in [1.29, 1.82) is 0 Å². The number of thiophene rings is 1. The van der Waals surface area contributed by atoms with E-state index in [-0.39, 0.29) is 6.04 Å². The number of ether oxygens (including phenoxy) is 2. The highest BCUT2D eigenvalue weighted by Crippen LogP contribution is 2.39. The number of nitrogens with zero attached hydrogens (tertiary/aromatic N) is 1. The van der Waals surface area contributed by atoms with E-state index in [0.717, 1.165) is 43.9 Å². The van der Waals surface area contributed by atoms with Gasteiger partial charge in [0.1, 0.15) is 0 Å². The summed E-state index contributed by atoms with van der Waals surface area (Å²) in [7, 11) is 5.89. The van der Waals surface area contributed by atoms with Crippen molar-refractivity contribution in [2.75, 3.05) is 40.9 Å². The summed E-state index contributed by atoms with van der Waals surface area (Å²) < 4.78 is 11.7. The molecule has 1 aliphatic heterocycles. The van der Waals surface area contributed by atoms with Crippen LogP contribution in [-0.4, -0.2) is 45.8 Å². The Morgan fingerprint density at radius 2 is 2.08 bits per heavy atom. The van der Waals surface area contributed by atoms with Gasteiger partial charge in [0.05, 0.1) is 19.8 Å². The molecule has 0 bridgehead atoms. The molecule has 3 rings (SSSR count). The summed E-state index contributed by atoms with van der Waals surface area (Å²) in [5, 5.41) is 3.68. The minimum Gasteiger partial charge on any atom is -0.493 e. The molecule has 0 saturated heterocycles. The molecule has 4 nitrogen and oxygen atoms in total. The molecule has 1 aromatic carbocycles. The zero-order valence-electron chi connectivity index (χ0n) is 16.3. The highest BCUT2D eigenvalue weighted by molar-refractivity contribution is 7.12. The van der Waals surface area contributed by atoms with Crippen molar-refractivity contribution in [2.24, 2.45) is 0 Å². The van der Waals surface area contributed by atoms with Gasteiger partial charge >= 0.3 is 0 Å². The lowest BCUT2D eigenvalue weighted by molar-refractivity contribution is 0.267. The van der Waals surface area contributed by atoms with Gasteiger partial charge in [-0.15, -0.1) is 11.3 Å². The van der Waals surface area contributed by atoms with Crippen LogP contribution in [0, 0.1) is 0 Å². The first kappa shape index (κ1) is 19.2. The topological polar surface area (TPSA) is 33.7 Å². The lowest BCUT2D eigenvalue weighted by Gasteiger charge is -2.27. The third-order valence-corrected chi connectivity index (χ3v) is 6.10. The lowest BCUT2D eigenvalue weighted by atomic mass is 9.92. The predicted molar refractivity (Wildman–Crippen MR) is 109 cm³/mol. The molecule has 0 amide bonds. The Hall–Kier alpha value is -1.56. The summed E-state index contributed by atoms with van der Waals surface area (Å²) in [4.78, 5) is 4.99. The van der Waals surface area contributed by atoms with Crippen LogP contribution in [0.4, 0.5) is 0 Å². The van der Waals surface area contributed by atoms with E-state index >= 15 is 0 Å². The molecule has 0 radical (unpaired) electrons. The Bertz CT molecular complexity index is 727. The lowest BCUT2D eigenvalue weighted by Crippen LogP contribution is -2.30. The molecule has 2 heterocycles. The summed E-state index contributed by atoms with van der Waals surface area (Å²) in [5.74, 6) is 1.70. The first-order valence-corrected chi connectivity index (χ1v) is 10.2. The summed E-state index contributed by atoms with van der Waals surface area (Å²) in [6.45, 7) is 4.92. The average Bonchev–Trinajstić information content (AvgIpc) is 3.13. The van der Waals surface area contributed by atoms with Gasteiger partial charge in [-0.05, 0) is 68.8 Å². The molecule has 1 atom stereocenters. The average molecular weight is 375 g/mol. The number of fused-ring (bicyclic) bond motifs is 1. The Morgan fingerprint density at radius 3 is 2.77 bits per heavy atom. The van der Waals surface area contributed by atoms with Crippen LogP contribution in [-0.2, 0) is 12.8 Å². The zero-order valence-corrected chi connectivity index (χ0v) is 17.1. The predicted octanol–water partition coefficient (Wildman–Crippen LogP) is 3.88. The fourth-order valence-corrected chi connectivity index (χ4v) is 4.44. The normalized spacial score (nSPS) is 16.6. The van der Waals surface area contributed by atoms with E-state index < -0.39 is 0 Å². The Balaban J connectivity index is 1.84. The molecule has 1 aromatic heterocycles. The van der Waals surface area contributed by atoms with Gasteiger partial charge in [-0.1, -0.05) is 6.92 Å². The monoisotopic (exact) mass is 374 g/mol. The number of aryl methyl sites for hydroxylation is 1. The summed E-state index contributed by atoms with van der Waals surface area (Å²) >= 11 is 1.90. The van der Waals surface area contributed by atoms with Gasteiger partial charge in [0.15, 0.2) is 11.5 Å². The van der Waals surface area contributed by atoms with Crippen molar-refractivity contribution in [3.05, 3.63) is 45.1 Å². The third kappa shape index (κ3) is 4.40. The van der Waals surface area contributed by atoms with Crippen LogP contribution < -0.4 is 14.8 Å². The second-order valence-corrected chi connectivity index (χ2v) is 8.20. The van der Waals surface area contributed by atoms with Gasteiger partial charge in [-0.25, -0.2) is 0 Å². The van der Waals surface area contributed by atoms with Crippen LogP contribution in [0.2, 0.25) is 0 Å². The zero-order chi connectivity index (χ0) is 18.5. The van der Waals surface area contributed by atoms with Crippen LogP contribution in [0.15, 0.2) is 24.3 Å². The van der Waals surface area contributed by atoms with E-state index in [2.05, 4.69) is 55.5 Å². The molecule has 1 N–H and O–H groups in total. The van der Waals surface area contributed by atoms with Gasteiger partial charge < -0.3 is 19.7 Å². The van der Waals surface area contributed by atoms with Crippen molar-refractivity contribution in [3.8, 4) is 11.5 Å². The summed E-state index contributed by atoms with van der Waals surface area (Å²) in [5.41, 5.74) is 2.68. The molecule has 0 fully saturated rings. The van der Waals surface area contributed by atoms with Gasteiger partial charge in [0.2, 0.25) is 0 Å². The Labute approximate surface area is 161 Å². The van der Waals surface area contributed by atoms with Crippen LogP contribution in [0.1, 0.15) is 40.3 Å². The molecule has 0 saturated carbocycles. The number of rotatable bonds is 8. The molecule has 26 heavy (non-hydrogen) atoms. The van der Waals surface area contributed by atoms with Crippen molar-refractivity contribution >= 4 is 11.3 Å². The molecule has 0 spiro atoms. The molecule has 5 heteroatoms. The van der Waals surface area contributed by atoms with E-state index in [1.54, 1.807) is 7.11 Å². The second kappa shape index (κ2) is 8.89. The quantitative estimate of drug-likeness (QED) is 0.711. The number of hydrogen-bond acceptors (Lipinski definition) is 5. The molecule has 142 valence electrons. The molecular formula is C21H30N2O2S. The fourth-order valence-electron chi connectivity index (χ4n) is 3.39.